The molecule has 0 saturated carbocycles. The summed E-state index contributed by atoms with van der Waals surface area (Å²) < 4.78 is 16.1. The Bertz CT molecular complexity index is 864. The Morgan fingerprint density at radius 3 is 2.50 bits per heavy atom. The van der Waals surface area contributed by atoms with E-state index in [9.17, 15) is 24.9 Å². The van der Waals surface area contributed by atoms with E-state index in [-0.39, 0.29) is 6.61 Å². The number of hydrogen-bond acceptors (Lipinski definition) is 8. The number of esters is 1. The summed E-state index contributed by atoms with van der Waals surface area (Å²) in [6.45, 7) is -0.214. The standard InChI is InChI=1S/C22H24O8/c1-28-22(27)15-4-2-3-13(9-15)12-29-16-7-5-14(6-8-16)21-20(26)19(25)17(10-23)18(11-24)30-21/h2-10,17-21,24-26H,11-12H2,1H3. The minimum absolute atomic E-state index is 0.235. The molecule has 8 nitrogen and oxygen atoms in total. The third kappa shape index (κ3) is 4.68. The van der Waals surface area contributed by atoms with E-state index in [0.717, 1.165) is 5.56 Å². The van der Waals surface area contributed by atoms with Gasteiger partial charge in [-0.15, -0.1) is 0 Å². The summed E-state index contributed by atoms with van der Waals surface area (Å²) in [6, 6.07) is 13.6. The number of benzene rings is 2. The SMILES string of the molecule is COC(=O)c1cccc(COc2ccc(C3OC(CO)C(C=O)C(O)C3O)cc2)c1. The van der Waals surface area contributed by atoms with Crippen LogP contribution in [-0.4, -0.2) is 59.6 Å². The van der Waals surface area contributed by atoms with Gasteiger partial charge in [-0.2, -0.15) is 0 Å². The van der Waals surface area contributed by atoms with Crippen LogP contribution in [0.5, 0.6) is 5.75 Å². The van der Waals surface area contributed by atoms with Crippen molar-refractivity contribution < 1.29 is 39.1 Å². The zero-order valence-electron chi connectivity index (χ0n) is 16.4. The molecule has 30 heavy (non-hydrogen) atoms. The number of hydrogen-bond donors (Lipinski definition) is 3. The highest BCUT2D eigenvalue weighted by molar-refractivity contribution is 5.89. The van der Waals surface area contributed by atoms with Crippen LogP contribution >= 0.6 is 0 Å². The fourth-order valence-corrected chi connectivity index (χ4v) is 3.42. The Hall–Kier alpha value is -2.78. The van der Waals surface area contributed by atoms with Crippen LogP contribution in [0.15, 0.2) is 48.5 Å². The third-order valence-corrected chi connectivity index (χ3v) is 5.10. The van der Waals surface area contributed by atoms with E-state index < -0.39 is 42.9 Å². The summed E-state index contributed by atoms with van der Waals surface area (Å²) in [7, 11) is 1.32. The van der Waals surface area contributed by atoms with Crippen molar-refractivity contribution in [2.75, 3.05) is 13.7 Å². The number of aliphatic hydroxyl groups is 3. The molecule has 1 heterocycles. The molecule has 1 aliphatic heterocycles. The Kier molecular flexibility index (Phi) is 7.17. The summed E-state index contributed by atoms with van der Waals surface area (Å²) in [5, 5.41) is 29.9. The highest BCUT2D eigenvalue weighted by Crippen LogP contribution is 2.35. The number of rotatable bonds is 7. The lowest BCUT2D eigenvalue weighted by Crippen LogP contribution is -2.52. The molecule has 3 N–H and O–H groups in total. The second-order valence-corrected chi connectivity index (χ2v) is 7.02. The summed E-state index contributed by atoms with van der Waals surface area (Å²) in [5.74, 6) is -0.866. The normalized spacial score (nSPS) is 26.1. The van der Waals surface area contributed by atoms with Gasteiger partial charge in [-0.25, -0.2) is 4.79 Å². The Morgan fingerprint density at radius 1 is 1.13 bits per heavy atom. The van der Waals surface area contributed by atoms with Crippen LogP contribution in [0.1, 0.15) is 27.6 Å². The number of carbonyl (C=O) groups is 2. The lowest BCUT2D eigenvalue weighted by Gasteiger charge is -2.40. The van der Waals surface area contributed by atoms with Crippen LogP contribution in [0.25, 0.3) is 0 Å². The van der Waals surface area contributed by atoms with Gasteiger partial charge in [-0.3, -0.25) is 0 Å². The third-order valence-electron chi connectivity index (χ3n) is 5.10. The highest BCUT2D eigenvalue weighted by atomic mass is 16.5. The van der Waals surface area contributed by atoms with Crippen molar-refractivity contribution in [2.45, 2.75) is 31.0 Å². The average molecular weight is 416 g/mol. The van der Waals surface area contributed by atoms with Crippen molar-refractivity contribution in [3.8, 4) is 5.75 Å². The quantitative estimate of drug-likeness (QED) is 0.452. The summed E-state index contributed by atoms with van der Waals surface area (Å²) in [6.07, 6.45) is -3.95. The fraction of sp³-hybridized carbons (Fsp3) is 0.364. The molecule has 5 unspecified atom stereocenters. The molecule has 2 aromatic rings. The lowest BCUT2D eigenvalue weighted by atomic mass is 9.85. The van der Waals surface area contributed by atoms with Crippen molar-refractivity contribution in [2.24, 2.45) is 5.92 Å². The molecule has 160 valence electrons. The predicted octanol–water partition coefficient (Wildman–Crippen LogP) is 1.02. The van der Waals surface area contributed by atoms with Crippen molar-refractivity contribution in [3.05, 3.63) is 65.2 Å². The maximum absolute atomic E-state index is 11.6. The second kappa shape index (κ2) is 9.82. The molecule has 0 aromatic heterocycles. The molecule has 2 aromatic carbocycles. The maximum atomic E-state index is 11.6. The van der Waals surface area contributed by atoms with Gasteiger partial charge in [-0.1, -0.05) is 24.3 Å². The van der Waals surface area contributed by atoms with Crippen molar-refractivity contribution >= 4 is 12.3 Å². The molecule has 0 aliphatic carbocycles. The van der Waals surface area contributed by atoms with Crippen LogP contribution in [0.3, 0.4) is 0 Å². The first-order chi connectivity index (χ1) is 14.5. The van der Waals surface area contributed by atoms with Crippen molar-refractivity contribution in [3.63, 3.8) is 0 Å². The molecular weight excluding hydrogens is 392 g/mol. The molecule has 0 spiro atoms. The molecule has 1 aliphatic rings. The van der Waals surface area contributed by atoms with E-state index in [0.29, 0.717) is 23.2 Å². The van der Waals surface area contributed by atoms with E-state index >= 15 is 0 Å². The largest absolute Gasteiger partial charge is 0.489 e. The zero-order chi connectivity index (χ0) is 21.7. The number of carbonyl (C=O) groups excluding carboxylic acids is 2. The minimum atomic E-state index is -1.34. The van der Waals surface area contributed by atoms with Gasteiger partial charge < -0.3 is 34.3 Å². The van der Waals surface area contributed by atoms with Crippen LogP contribution in [-0.2, 0) is 20.9 Å². The topological polar surface area (TPSA) is 123 Å². The van der Waals surface area contributed by atoms with Gasteiger partial charge in [0.05, 0.1) is 37.4 Å². The molecular formula is C22H24O8. The smallest absolute Gasteiger partial charge is 0.337 e. The molecule has 1 saturated heterocycles. The molecule has 5 atom stereocenters. The number of aldehydes is 1. The van der Waals surface area contributed by atoms with Crippen LogP contribution in [0.4, 0.5) is 0 Å². The van der Waals surface area contributed by atoms with E-state index in [2.05, 4.69) is 0 Å². The van der Waals surface area contributed by atoms with E-state index in [1.807, 2.05) is 6.07 Å². The first-order valence-electron chi connectivity index (χ1n) is 9.46. The van der Waals surface area contributed by atoms with Gasteiger partial charge >= 0.3 is 5.97 Å². The molecule has 0 bridgehead atoms. The average Bonchev–Trinajstić information content (AvgIpc) is 2.79. The second-order valence-electron chi connectivity index (χ2n) is 7.02. The lowest BCUT2D eigenvalue weighted by molar-refractivity contribution is -0.206. The van der Waals surface area contributed by atoms with Crippen LogP contribution in [0, 0.1) is 5.92 Å². The van der Waals surface area contributed by atoms with E-state index in [1.165, 1.54) is 7.11 Å². The van der Waals surface area contributed by atoms with Gasteiger partial charge in [-0.05, 0) is 35.4 Å². The molecule has 1 fully saturated rings. The van der Waals surface area contributed by atoms with Gasteiger partial charge in [0.2, 0.25) is 0 Å². The van der Waals surface area contributed by atoms with Crippen LogP contribution < -0.4 is 4.74 Å². The number of methoxy groups -OCH3 is 1. The summed E-state index contributed by atoms with van der Waals surface area (Å²) >= 11 is 0. The monoisotopic (exact) mass is 416 g/mol. The van der Waals surface area contributed by atoms with Gasteiger partial charge in [0, 0.05) is 0 Å². The van der Waals surface area contributed by atoms with Crippen molar-refractivity contribution in [1.29, 1.82) is 0 Å². The first-order valence-corrected chi connectivity index (χ1v) is 9.46. The molecule has 8 heteroatoms. The highest BCUT2D eigenvalue weighted by Gasteiger charge is 2.44. The number of aliphatic hydroxyl groups excluding tert-OH is 3. The van der Waals surface area contributed by atoms with Crippen LogP contribution in [0.2, 0.25) is 0 Å². The summed E-state index contributed by atoms with van der Waals surface area (Å²) in [4.78, 5) is 22.7. The Balaban J connectivity index is 1.66. The van der Waals surface area contributed by atoms with Crippen molar-refractivity contribution in [1.82, 2.24) is 0 Å². The first kappa shape index (κ1) is 21.9. The molecule has 3 rings (SSSR count). The van der Waals surface area contributed by atoms with E-state index in [1.54, 1.807) is 42.5 Å². The Labute approximate surface area is 173 Å². The van der Waals surface area contributed by atoms with Gasteiger partial charge in [0.15, 0.2) is 0 Å². The zero-order valence-corrected chi connectivity index (χ0v) is 16.4. The van der Waals surface area contributed by atoms with Gasteiger partial charge in [0.1, 0.15) is 30.9 Å². The fourth-order valence-electron chi connectivity index (χ4n) is 3.42. The molecule has 0 amide bonds. The van der Waals surface area contributed by atoms with E-state index in [4.69, 9.17) is 14.2 Å². The molecule has 0 radical (unpaired) electrons. The Morgan fingerprint density at radius 2 is 1.87 bits per heavy atom. The number of ether oxygens (including phenoxy) is 3. The predicted molar refractivity (Wildman–Crippen MR) is 105 cm³/mol. The minimum Gasteiger partial charge on any atom is -0.489 e. The summed E-state index contributed by atoms with van der Waals surface area (Å²) in [5.41, 5.74) is 1.80. The maximum Gasteiger partial charge on any atom is 0.337 e. The van der Waals surface area contributed by atoms with Gasteiger partial charge in [0.25, 0.3) is 0 Å².